The van der Waals surface area contributed by atoms with Crippen molar-refractivity contribution in [1.82, 2.24) is 0 Å². The van der Waals surface area contributed by atoms with Crippen molar-refractivity contribution >= 4 is 91.7 Å². The first-order chi connectivity index (χ1) is 28.4. The molecule has 304 valence electrons. The molecule has 0 aliphatic heterocycles. The summed E-state index contributed by atoms with van der Waals surface area (Å²) < 4.78 is 11.9. The molecule has 0 N–H and O–H groups in total. The quantitative estimate of drug-likeness (QED) is 0.0958. The molecule has 0 aromatic heterocycles. The molecule has 6 aliphatic rings. The largest absolute Gasteiger partial charge is 2.00 e. The van der Waals surface area contributed by atoms with Crippen molar-refractivity contribution in [3.05, 3.63) is 194 Å². The Morgan fingerprint density at radius 1 is 0.417 bits per heavy atom. The number of thioether (sulfide) groups is 4. The molecule has 0 spiro atoms. The molecule has 20 radical (unpaired) electrons. The predicted octanol–water partition coefficient (Wildman–Crippen LogP) is 10.4. The van der Waals surface area contributed by atoms with E-state index in [1.807, 2.05) is 149 Å². The molecule has 9 rings (SSSR count). The van der Waals surface area contributed by atoms with E-state index in [0.29, 0.717) is 23.3 Å². The number of benzene rings is 3. The van der Waals surface area contributed by atoms with E-state index in [0.717, 1.165) is 47.2 Å². The zero-order valence-electron chi connectivity index (χ0n) is 33.7. The van der Waals surface area contributed by atoms with Gasteiger partial charge >= 0.3 is 46.1 Å². The molecule has 10 heteroatoms. The maximum Gasteiger partial charge on any atom is 2.00 e. The third-order valence-electron chi connectivity index (χ3n) is 10.2. The van der Waals surface area contributed by atoms with Gasteiger partial charge in [0.2, 0.25) is 0 Å². The van der Waals surface area contributed by atoms with Gasteiger partial charge in [0.15, 0.2) is 0 Å². The molecule has 3 aromatic rings. The second kappa shape index (κ2) is 24.7. The summed E-state index contributed by atoms with van der Waals surface area (Å²) in [4.78, 5) is 31.7. The number of allylic oxidation sites excluding steroid dienone is 4. The van der Waals surface area contributed by atoms with Crippen molar-refractivity contribution in [1.29, 1.82) is 0 Å². The fourth-order valence-corrected chi connectivity index (χ4v) is 10.9. The van der Waals surface area contributed by atoms with Gasteiger partial charge < -0.3 is 9.47 Å². The number of carbonyl (C=O) groups excluding carboxylic acids is 2. The molecule has 60 heavy (non-hydrogen) atoms. The topological polar surface area (TPSA) is 52.6 Å². The average Bonchev–Trinajstić information content (AvgIpc) is 4.11. The molecule has 0 unspecified atom stereocenters. The van der Waals surface area contributed by atoms with E-state index in [4.69, 9.17) is 9.47 Å². The molecule has 0 atom stereocenters. The summed E-state index contributed by atoms with van der Waals surface area (Å²) in [6.45, 7) is 0. The summed E-state index contributed by atoms with van der Waals surface area (Å²) in [5, 5.41) is 6.70. The Morgan fingerprint density at radius 2 is 0.700 bits per heavy atom. The van der Waals surface area contributed by atoms with Crippen LogP contribution >= 0.6 is 47.0 Å². The molecule has 4 saturated carbocycles. The van der Waals surface area contributed by atoms with E-state index in [9.17, 15) is 9.59 Å². The zero-order chi connectivity index (χ0) is 40.4. The number of esters is 2. The molecule has 3 aromatic carbocycles. The van der Waals surface area contributed by atoms with Crippen LogP contribution in [0.25, 0.3) is 32.7 Å². The first kappa shape index (κ1) is 49.8. The Labute approximate surface area is 397 Å². The maximum atomic E-state index is 13.1. The number of rotatable bonds is 8. The number of carbonyl (C=O) groups is 2. The molecule has 0 bridgehead atoms. The van der Waals surface area contributed by atoms with E-state index in [2.05, 4.69) is 49.3 Å². The summed E-state index contributed by atoms with van der Waals surface area (Å²) in [6.07, 6.45) is 46.5. The molecular formula is C50H44Fe2O4S4+4. The average molecular weight is 949 g/mol. The summed E-state index contributed by atoms with van der Waals surface area (Å²) in [5.74, 6) is 1.36. The number of fused-ring (bicyclic) bond motifs is 2. The molecule has 0 amide bonds. The van der Waals surface area contributed by atoms with Gasteiger partial charge in [0, 0.05) is 25.7 Å². The van der Waals surface area contributed by atoms with Gasteiger partial charge in [-0.2, -0.15) is 0 Å². The van der Waals surface area contributed by atoms with Gasteiger partial charge in [-0.25, -0.2) is 0 Å². The van der Waals surface area contributed by atoms with Gasteiger partial charge in [-0.15, -0.1) is 47.0 Å². The van der Waals surface area contributed by atoms with Crippen LogP contribution in [-0.4, -0.2) is 37.0 Å². The van der Waals surface area contributed by atoms with E-state index < -0.39 is 0 Å². The molecule has 0 saturated heterocycles. The van der Waals surface area contributed by atoms with Crippen LogP contribution in [0.15, 0.2) is 56.0 Å². The fraction of sp³-hybridized carbons (Fsp3) is 0.160. The standard InChI is InChI=1S/C40H34O4S4.2C5H5.2Fe/c1-45-33-17-25(18-34(33)46-2)37-29-15-13-28(44-40(42)24-11-7-8-12-24)22-32(29)38(26-19-35(47-3)36(20-26)48-4)30-16-14-27(21-31(30)37)43-39(41)23-9-5-6-10-23;2*1-2-4-5-3-1;;/h5-16,21-22H,17-20H2,1-4H3;2*1-5H;;/q;;;2*+2. The molecule has 0 heterocycles. The van der Waals surface area contributed by atoms with Crippen LogP contribution in [0.1, 0.15) is 25.7 Å². The van der Waals surface area contributed by atoms with E-state index in [1.54, 1.807) is 25.7 Å². The Morgan fingerprint density at radius 3 is 0.967 bits per heavy atom. The van der Waals surface area contributed by atoms with Gasteiger partial charge in [0.05, 0.1) is 11.8 Å². The van der Waals surface area contributed by atoms with Crippen LogP contribution < -0.4 is 19.9 Å². The SMILES string of the molecule is CSC1=C(SC)CC(=c2c3ccc(OC(=O)[C]4[CH][CH][CH][CH]4)cc3c(=C3CC(SC)=C(SC)C3)c3ccc(OC(=O)[C]4[CH][CH][CH][CH]4)cc23)C1.[CH]1[CH][CH][CH][CH]1.[CH]1[CH][CH][CH][CH]1.[Fe+2].[Fe+2]. The van der Waals surface area contributed by atoms with Crippen LogP contribution in [0.5, 0.6) is 11.5 Å². The molecule has 4 fully saturated rings. The number of hydrogen-bond acceptors (Lipinski definition) is 8. The Balaban J connectivity index is 0.000000499. The van der Waals surface area contributed by atoms with Crippen molar-refractivity contribution in [3.8, 4) is 11.5 Å². The normalized spacial score (nSPS) is 19.3. The van der Waals surface area contributed by atoms with Crippen LogP contribution in [-0.2, 0) is 43.7 Å². The molecular weight excluding hydrogens is 905 g/mol. The van der Waals surface area contributed by atoms with Gasteiger partial charge in [0.25, 0.3) is 0 Å². The van der Waals surface area contributed by atoms with Crippen LogP contribution in [0, 0.1) is 127 Å². The summed E-state index contributed by atoms with van der Waals surface area (Å²) in [5.41, 5.74) is 2.69. The Bertz CT molecular complexity index is 1960. The first-order valence-corrected chi connectivity index (χ1v) is 23.9. The maximum absolute atomic E-state index is 13.1. The van der Waals surface area contributed by atoms with Crippen molar-refractivity contribution in [2.75, 3.05) is 25.0 Å². The second-order valence-corrected chi connectivity index (χ2v) is 17.2. The van der Waals surface area contributed by atoms with Gasteiger partial charge in [-0.05, 0) is 216 Å². The Kier molecular flexibility index (Phi) is 20.5. The molecule has 4 nitrogen and oxygen atoms in total. The molecule has 6 aliphatic carbocycles. The first-order valence-electron chi connectivity index (χ1n) is 19.0. The van der Waals surface area contributed by atoms with Gasteiger partial charge in [0.1, 0.15) is 11.5 Å². The van der Waals surface area contributed by atoms with E-state index in [-0.39, 0.29) is 46.1 Å². The van der Waals surface area contributed by atoms with Crippen molar-refractivity contribution in [2.45, 2.75) is 25.7 Å². The van der Waals surface area contributed by atoms with Gasteiger partial charge in [-0.1, -0.05) is 23.3 Å². The van der Waals surface area contributed by atoms with Crippen molar-refractivity contribution < 1.29 is 53.2 Å². The van der Waals surface area contributed by atoms with Crippen LogP contribution in [0.2, 0.25) is 0 Å². The van der Waals surface area contributed by atoms with E-state index in [1.165, 1.54) is 41.2 Å². The minimum absolute atomic E-state index is 0. The summed E-state index contributed by atoms with van der Waals surface area (Å²) in [6, 6.07) is 12.1. The summed E-state index contributed by atoms with van der Waals surface area (Å²) >= 11 is 7.27. The van der Waals surface area contributed by atoms with Crippen molar-refractivity contribution in [2.24, 2.45) is 0 Å². The monoisotopic (exact) mass is 948 g/mol. The third-order valence-corrected chi connectivity index (χ3v) is 14.0. The smallest absolute Gasteiger partial charge is 0.426 e. The van der Waals surface area contributed by atoms with Crippen molar-refractivity contribution in [3.63, 3.8) is 0 Å². The number of ether oxygens (including phenoxy) is 2. The Hall–Kier alpha value is -1.22. The fourth-order valence-electron chi connectivity index (χ4n) is 7.46. The predicted molar refractivity (Wildman–Crippen MR) is 249 cm³/mol. The van der Waals surface area contributed by atoms with Gasteiger partial charge in [-0.3, -0.25) is 9.59 Å². The minimum atomic E-state index is -0.369. The minimum Gasteiger partial charge on any atom is -0.426 e. The summed E-state index contributed by atoms with van der Waals surface area (Å²) in [7, 11) is 0. The second-order valence-electron chi connectivity index (χ2n) is 13.6. The zero-order valence-corrected chi connectivity index (χ0v) is 39.1. The number of hydrogen-bond donors (Lipinski definition) is 0. The van der Waals surface area contributed by atoms with Crippen LogP contribution in [0.3, 0.4) is 0 Å². The van der Waals surface area contributed by atoms with Crippen LogP contribution in [0.4, 0.5) is 0 Å². The van der Waals surface area contributed by atoms with E-state index >= 15 is 0 Å². The third kappa shape index (κ3) is 12.1.